The molecule has 124 valence electrons. The highest BCUT2D eigenvalue weighted by Gasteiger charge is 2.11. The summed E-state index contributed by atoms with van der Waals surface area (Å²) >= 11 is 0. The summed E-state index contributed by atoms with van der Waals surface area (Å²) in [5, 5.41) is 5.08. The first-order valence-corrected chi connectivity index (χ1v) is 7.84. The number of benzene rings is 2. The molecule has 0 aliphatic heterocycles. The minimum absolute atomic E-state index is 0.247. The van der Waals surface area contributed by atoms with E-state index in [-0.39, 0.29) is 5.56 Å². The lowest BCUT2D eigenvalue weighted by molar-refractivity contribution is 0.415. The second-order valence-corrected chi connectivity index (χ2v) is 5.81. The van der Waals surface area contributed by atoms with Gasteiger partial charge in [0.2, 0.25) is 0 Å². The molecule has 0 aliphatic rings. The van der Waals surface area contributed by atoms with E-state index in [0.717, 1.165) is 22.2 Å². The average molecular weight is 332 g/mol. The number of hydrogen-bond acceptors (Lipinski definition) is 4. The third-order valence-corrected chi connectivity index (χ3v) is 4.11. The van der Waals surface area contributed by atoms with Gasteiger partial charge in [-0.3, -0.25) is 4.79 Å². The molecular weight excluding hydrogens is 316 g/mol. The van der Waals surface area contributed by atoms with Crippen molar-refractivity contribution < 1.29 is 4.74 Å². The number of rotatable bonds is 3. The fourth-order valence-electron chi connectivity index (χ4n) is 2.72. The van der Waals surface area contributed by atoms with Crippen LogP contribution in [0.4, 0.5) is 0 Å². The van der Waals surface area contributed by atoms with Crippen molar-refractivity contribution in [3.8, 4) is 5.75 Å². The maximum atomic E-state index is 12.7. The number of H-pyrrole nitrogens is 1. The van der Waals surface area contributed by atoms with Crippen molar-refractivity contribution in [2.24, 2.45) is 5.10 Å². The van der Waals surface area contributed by atoms with Crippen LogP contribution < -0.4 is 10.3 Å². The van der Waals surface area contributed by atoms with Crippen LogP contribution in [0, 0.1) is 6.92 Å². The lowest BCUT2D eigenvalue weighted by atomic mass is 10.2. The summed E-state index contributed by atoms with van der Waals surface area (Å²) < 4.78 is 6.47. The Morgan fingerprint density at radius 1 is 1.20 bits per heavy atom. The Morgan fingerprint density at radius 2 is 2.00 bits per heavy atom. The Kier molecular flexibility index (Phi) is 3.57. The van der Waals surface area contributed by atoms with Crippen LogP contribution in [0.5, 0.6) is 5.75 Å². The van der Waals surface area contributed by atoms with Gasteiger partial charge in [-0.15, -0.1) is 0 Å². The van der Waals surface area contributed by atoms with Gasteiger partial charge < -0.3 is 9.72 Å². The van der Waals surface area contributed by atoms with Crippen molar-refractivity contribution in [2.45, 2.75) is 6.92 Å². The summed E-state index contributed by atoms with van der Waals surface area (Å²) in [5.41, 5.74) is 3.71. The molecule has 2 aromatic carbocycles. The van der Waals surface area contributed by atoms with E-state index in [2.05, 4.69) is 15.1 Å². The quantitative estimate of drug-likeness (QED) is 0.586. The Labute approximate surface area is 143 Å². The van der Waals surface area contributed by atoms with E-state index in [1.165, 1.54) is 16.6 Å². The van der Waals surface area contributed by atoms with Crippen LogP contribution in [0.3, 0.4) is 0 Å². The third kappa shape index (κ3) is 2.67. The molecular formula is C19H16N4O2. The first-order valence-electron chi connectivity index (χ1n) is 7.84. The zero-order valence-corrected chi connectivity index (χ0v) is 13.9. The van der Waals surface area contributed by atoms with E-state index >= 15 is 0 Å². The van der Waals surface area contributed by atoms with Gasteiger partial charge >= 0.3 is 0 Å². The molecule has 0 bridgehead atoms. The minimum Gasteiger partial charge on any atom is -0.497 e. The van der Waals surface area contributed by atoms with E-state index in [9.17, 15) is 4.79 Å². The molecule has 4 rings (SSSR count). The van der Waals surface area contributed by atoms with Crippen LogP contribution in [0.2, 0.25) is 0 Å². The zero-order valence-electron chi connectivity index (χ0n) is 13.9. The van der Waals surface area contributed by atoms with Gasteiger partial charge in [-0.05, 0) is 30.7 Å². The largest absolute Gasteiger partial charge is 0.497 e. The van der Waals surface area contributed by atoms with Crippen molar-refractivity contribution in [3.63, 3.8) is 0 Å². The van der Waals surface area contributed by atoms with Gasteiger partial charge in [0.1, 0.15) is 23.1 Å². The topological polar surface area (TPSA) is 72.3 Å². The smallest absolute Gasteiger partial charge is 0.298 e. The molecule has 2 aromatic heterocycles. The van der Waals surface area contributed by atoms with Crippen LogP contribution in [0.1, 0.15) is 11.1 Å². The van der Waals surface area contributed by atoms with Gasteiger partial charge in [0.05, 0.1) is 13.3 Å². The molecule has 0 aliphatic carbocycles. The predicted octanol–water partition coefficient (Wildman–Crippen LogP) is 3.08. The predicted molar refractivity (Wildman–Crippen MR) is 98.6 cm³/mol. The minimum atomic E-state index is -0.247. The van der Waals surface area contributed by atoms with E-state index in [1.54, 1.807) is 13.3 Å². The zero-order chi connectivity index (χ0) is 17.4. The van der Waals surface area contributed by atoms with Crippen molar-refractivity contribution >= 4 is 28.2 Å². The van der Waals surface area contributed by atoms with Gasteiger partial charge in [-0.25, -0.2) is 4.98 Å². The van der Waals surface area contributed by atoms with E-state index in [0.29, 0.717) is 11.0 Å². The molecule has 0 spiro atoms. The van der Waals surface area contributed by atoms with Crippen LogP contribution in [0.15, 0.2) is 58.7 Å². The average Bonchev–Trinajstić information content (AvgIpc) is 3.01. The number of hydrogen-bond donors (Lipinski definition) is 1. The highest BCUT2D eigenvalue weighted by atomic mass is 16.5. The number of methoxy groups -OCH3 is 1. The number of aromatic amines is 1. The summed E-state index contributed by atoms with van der Waals surface area (Å²) in [4.78, 5) is 20.2. The maximum Gasteiger partial charge on any atom is 0.298 e. The fourth-order valence-corrected chi connectivity index (χ4v) is 2.72. The summed E-state index contributed by atoms with van der Waals surface area (Å²) in [5.74, 6) is 0.719. The molecule has 6 heteroatoms. The Bertz CT molecular complexity index is 1150. The molecule has 0 saturated carbocycles. The van der Waals surface area contributed by atoms with Crippen LogP contribution in [-0.2, 0) is 0 Å². The molecule has 0 saturated heterocycles. The fraction of sp³-hybridized carbons (Fsp3) is 0.105. The molecule has 2 heterocycles. The van der Waals surface area contributed by atoms with Crippen molar-refractivity contribution in [1.29, 1.82) is 0 Å². The van der Waals surface area contributed by atoms with Crippen molar-refractivity contribution in [1.82, 2.24) is 14.6 Å². The highest BCUT2D eigenvalue weighted by molar-refractivity contribution is 6.04. The molecule has 25 heavy (non-hydrogen) atoms. The van der Waals surface area contributed by atoms with E-state index < -0.39 is 0 Å². The van der Waals surface area contributed by atoms with Crippen molar-refractivity contribution in [3.05, 3.63) is 70.3 Å². The van der Waals surface area contributed by atoms with Crippen molar-refractivity contribution in [2.75, 3.05) is 7.11 Å². The summed E-state index contributed by atoms with van der Waals surface area (Å²) in [7, 11) is 1.61. The number of nitrogens with zero attached hydrogens (tertiary/aromatic N) is 3. The van der Waals surface area contributed by atoms with Gasteiger partial charge in [0.15, 0.2) is 0 Å². The number of aryl methyl sites for hydroxylation is 1. The van der Waals surface area contributed by atoms with Gasteiger partial charge in [-0.1, -0.05) is 29.8 Å². The Hall–Kier alpha value is -3.41. The molecule has 0 fully saturated rings. The highest BCUT2D eigenvalue weighted by Crippen LogP contribution is 2.25. The first-order chi connectivity index (χ1) is 12.2. The Morgan fingerprint density at radius 3 is 2.76 bits per heavy atom. The second-order valence-electron chi connectivity index (χ2n) is 5.81. The van der Waals surface area contributed by atoms with E-state index in [1.807, 2.05) is 49.4 Å². The van der Waals surface area contributed by atoms with Crippen LogP contribution >= 0.6 is 0 Å². The standard InChI is InChI=1S/C19H16N4O2/c1-12-3-5-13(6-4-12)10-21-23-11-20-17-15-9-14(25-2)7-8-16(15)22-18(17)19(23)24/h3-11,22H,1-2H3/b21-10-. The first kappa shape index (κ1) is 15.1. The second kappa shape index (κ2) is 5.90. The number of fused-ring (bicyclic) bond motifs is 3. The van der Waals surface area contributed by atoms with Crippen LogP contribution in [0.25, 0.3) is 21.9 Å². The molecule has 1 N–H and O–H groups in total. The van der Waals surface area contributed by atoms with Gasteiger partial charge in [0, 0.05) is 10.9 Å². The lowest BCUT2D eigenvalue weighted by Gasteiger charge is -1.99. The van der Waals surface area contributed by atoms with Gasteiger partial charge in [0.25, 0.3) is 5.56 Å². The SMILES string of the molecule is COc1ccc2[nH]c3c(=O)n(/N=C\c4ccc(C)cc4)cnc3c2c1. The molecule has 0 unspecified atom stereocenters. The normalized spacial score (nSPS) is 11.6. The third-order valence-electron chi connectivity index (χ3n) is 4.11. The number of nitrogens with one attached hydrogen (secondary N) is 1. The monoisotopic (exact) mass is 332 g/mol. The summed E-state index contributed by atoms with van der Waals surface area (Å²) in [6, 6.07) is 13.5. The summed E-state index contributed by atoms with van der Waals surface area (Å²) in [6.45, 7) is 2.02. The maximum absolute atomic E-state index is 12.7. The van der Waals surface area contributed by atoms with Crippen LogP contribution in [-0.4, -0.2) is 28.0 Å². The molecule has 0 radical (unpaired) electrons. The molecule has 6 nitrogen and oxygen atoms in total. The number of aromatic nitrogens is 3. The lowest BCUT2D eigenvalue weighted by Crippen LogP contribution is -2.17. The van der Waals surface area contributed by atoms with E-state index in [4.69, 9.17) is 4.74 Å². The number of ether oxygens (including phenoxy) is 1. The molecule has 0 amide bonds. The Balaban J connectivity index is 1.81. The summed E-state index contributed by atoms with van der Waals surface area (Å²) in [6.07, 6.45) is 3.07. The van der Waals surface area contributed by atoms with Gasteiger partial charge in [-0.2, -0.15) is 9.78 Å². The molecule has 0 atom stereocenters. The molecule has 4 aromatic rings.